The second-order valence-corrected chi connectivity index (χ2v) is 4.98. The minimum atomic E-state index is -0.217. The van der Waals surface area contributed by atoms with Gasteiger partial charge < -0.3 is 15.7 Å². The van der Waals surface area contributed by atoms with Crippen LogP contribution in [0.5, 0.6) is 0 Å². The van der Waals surface area contributed by atoms with E-state index in [0.717, 1.165) is 16.5 Å². The predicted molar refractivity (Wildman–Crippen MR) is 81.8 cm³/mol. The lowest BCUT2D eigenvalue weighted by molar-refractivity contribution is 0.243. The zero-order valence-corrected chi connectivity index (χ0v) is 11.6. The third-order valence-electron chi connectivity index (χ3n) is 3.27. The molecule has 20 heavy (non-hydrogen) atoms. The molecule has 0 aliphatic rings. The number of hydrogen-bond donors (Lipinski definition) is 3. The maximum Gasteiger partial charge on any atom is 0.319 e. The highest BCUT2D eigenvalue weighted by molar-refractivity contribution is 6.01. The van der Waals surface area contributed by atoms with Gasteiger partial charge in [-0.2, -0.15) is 0 Å². The molecule has 0 fully saturated rings. The van der Waals surface area contributed by atoms with Crippen molar-refractivity contribution >= 4 is 22.5 Å². The van der Waals surface area contributed by atoms with Crippen LogP contribution in [0.1, 0.15) is 13.3 Å². The number of benzene rings is 2. The Hall–Kier alpha value is -2.07. The van der Waals surface area contributed by atoms with Gasteiger partial charge in [-0.15, -0.1) is 0 Å². The van der Waals surface area contributed by atoms with Gasteiger partial charge in [0.2, 0.25) is 0 Å². The largest absolute Gasteiger partial charge is 0.396 e. The minimum Gasteiger partial charge on any atom is -0.396 e. The van der Waals surface area contributed by atoms with Crippen LogP contribution in [0, 0.1) is 5.92 Å². The van der Waals surface area contributed by atoms with Crippen molar-refractivity contribution in [3.8, 4) is 0 Å². The van der Waals surface area contributed by atoms with Gasteiger partial charge in [0.05, 0.1) is 5.69 Å². The molecule has 0 bridgehead atoms. The van der Waals surface area contributed by atoms with Crippen LogP contribution in [0.25, 0.3) is 10.8 Å². The van der Waals surface area contributed by atoms with Crippen molar-refractivity contribution in [1.82, 2.24) is 5.32 Å². The molecule has 0 aliphatic carbocycles. The lowest BCUT2D eigenvalue weighted by Crippen LogP contribution is -2.32. The first-order valence-corrected chi connectivity index (χ1v) is 6.84. The average Bonchev–Trinajstić information content (AvgIpc) is 2.46. The summed E-state index contributed by atoms with van der Waals surface area (Å²) in [6.45, 7) is 2.69. The molecular weight excluding hydrogens is 252 g/mol. The van der Waals surface area contributed by atoms with Crippen molar-refractivity contribution in [2.24, 2.45) is 5.92 Å². The first-order chi connectivity index (χ1) is 9.70. The Kier molecular flexibility index (Phi) is 4.96. The van der Waals surface area contributed by atoms with Gasteiger partial charge >= 0.3 is 6.03 Å². The van der Waals surface area contributed by atoms with E-state index in [9.17, 15) is 4.79 Å². The lowest BCUT2D eigenvalue weighted by Gasteiger charge is -2.13. The first kappa shape index (κ1) is 14.3. The summed E-state index contributed by atoms with van der Waals surface area (Å²) in [4.78, 5) is 11.9. The molecule has 0 saturated heterocycles. The van der Waals surface area contributed by atoms with Crippen LogP contribution in [0.2, 0.25) is 0 Å². The summed E-state index contributed by atoms with van der Waals surface area (Å²) < 4.78 is 0. The molecule has 0 heterocycles. The summed E-state index contributed by atoms with van der Waals surface area (Å²) in [7, 11) is 0. The van der Waals surface area contributed by atoms with Gasteiger partial charge in [0.15, 0.2) is 0 Å². The zero-order chi connectivity index (χ0) is 14.4. The van der Waals surface area contributed by atoms with E-state index in [-0.39, 0.29) is 18.6 Å². The average molecular weight is 272 g/mol. The van der Waals surface area contributed by atoms with Crippen LogP contribution < -0.4 is 10.6 Å². The molecule has 2 aromatic carbocycles. The monoisotopic (exact) mass is 272 g/mol. The van der Waals surface area contributed by atoms with Crippen molar-refractivity contribution in [1.29, 1.82) is 0 Å². The number of carbonyl (C=O) groups excluding carboxylic acids is 1. The number of aliphatic hydroxyl groups is 1. The Morgan fingerprint density at radius 3 is 2.75 bits per heavy atom. The van der Waals surface area contributed by atoms with Gasteiger partial charge in [0.1, 0.15) is 0 Å². The van der Waals surface area contributed by atoms with Crippen molar-refractivity contribution in [3.63, 3.8) is 0 Å². The highest BCUT2D eigenvalue weighted by Gasteiger charge is 2.07. The smallest absolute Gasteiger partial charge is 0.319 e. The standard InChI is InChI=1S/C16H20N2O2/c1-12(9-10-19)11-17-16(20)18-15-8-4-6-13-5-2-3-7-14(13)15/h2-8,12,19H,9-11H2,1H3,(H2,17,18,20). The van der Waals surface area contributed by atoms with Crippen LogP contribution >= 0.6 is 0 Å². The Balaban J connectivity index is 1.99. The van der Waals surface area contributed by atoms with E-state index in [1.165, 1.54) is 0 Å². The number of aliphatic hydroxyl groups excluding tert-OH is 1. The van der Waals surface area contributed by atoms with Crippen molar-refractivity contribution in [3.05, 3.63) is 42.5 Å². The maximum absolute atomic E-state index is 11.9. The number of urea groups is 1. The first-order valence-electron chi connectivity index (χ1n) is 6.84. The second kappa shape index (κ2) is 6.91. The van der Waals surface area contributed by atoms with E-state index in [4.69, 9.17) is 5.11 Å². The Labute approximate surface area is 118 Å². The van der Waals surface area contributed by atoms with E-state index in [1.807, 2.05) is 49.4 Å². The molecule has 0 radical (unpaired) electrons. The highest BCUT2D eigenvalue weighted by Crippen LogP contribution is 2.22. The number of rotatable bonds is 5. The summed E-state index contributed by atoms with van der Waals surface area (Å²) >= 11 is 0. The third-order valence-corrected chi connectivity index (χ3v) is 3.27. The molecule has 2 amide bonds. The molecular formula is C16H20N2O2. The van der Waals surface area contributed by atoms with Crippen LogP contribution in [-0.2, 0) is 0 Å². The van der Waals surface area contributed by atoms with E-state index in [1.54, 1.807) is 0 Å². The summed E-state index contributed by atoms with van der Waals surface area (Å²) in [5, 5.41) is 16.6. The third kappa shape index (κ3) is 3.71. The van der Waals surface area contributed by atoms with Crippen LogP contribution in [0.4, 0.5) is 10.5 Å². The normalized spacial score (nSPS) is 12.1. The molecule has 0 saturated carbocycles. The van der Waals surface area contributed by atoms with Gasteiger partial charge in [0, 0.05) is 18.5 Å². The van der Waals surface area contributed by atoms with E-state index in [2.05, 4.69) is 10.6 Å². The topological polar surface area (TPSA) is 61.4 Å². The number of carbonyl (C=O) groups is 1. The number of hydrogen-bond acceptors (Lipinski definition) is 2. The molecule has 2 aromatic rings. The maximum atomic E-state index is 11.9. The van der Waals surface area contributed by atoms with Gasteiger partial charge in [-0.3, -0.25) is 0 Å². The highest BCUT2D eigenvalue weighted by atomic mass is 16.3. The van der Waals surface area contributed by atoms with Crippen molar-refractivity contribution in [2.45, 2.75) is 13.3 Å². The zero-order valence-electron chi connectivity index (χ0n) is 11.6. The molecule has 0 aromatic heterocycles. The van der Waals surface area contributed by atoms with Crippen LogP contribution in [0.3, 0.4) is 0 Å². The van der Waals surface area contributed by atoms with Gasteiger partial charge in [-0.05, 0) is 23.8 Å². The van der Waals surface area contributed by atoms with Gasteiger partial charge in [-0.1, -0.05) is 43.3 Å². The molecule has 3 N–H and O–H groups in total. The van der Waals surface area contributed by atoms with E-state index < -0.39 is 0 Å². The summed E-state index contributed by atoms with van der Waals surface area (Å²) in [6.07, 6.45) is 0.689. The van der Waals surface area contributed by atoms with E-state index in [0.29, 0.717) is 13.0 Å². The Morgan fingerprint density at radius 2 is 1.95 bits per heavy atom. The number of anilines is 1. The fourth-order valence-corrected chi connectivity index (χ4v) is 2.09. The van der Waals surface area contributed by atoms with Crippen molar-refractivity contribution < 1.29 is 9.90 Å². The van der Waals surface area contributed by atoms with Gasteiger partial charge in [0.25, 0.3) is 0 Å². The van der Waals surface area contributed by atoms with Crippen LogP contribution in [-0.4, -0.2) is 24.3 Å². The summed E-state index contributed by atoms with van der Waals surface area (Å²) in [5.41, 5.74) is 0.801. The molecule has 1 atom stereocenters. The summed E-state index contributed by atoms with van der Waals surface area (Å²) in [5.74, 6) is 0.262. The minimum absolute atomic E-state index is 0.147. The lowest BCUT2D eigenvalue weighted by atomic mass is 10.1. The quantitative estimate of drug-likeness (QED) is 0.783. The summed E-state index contributed by atoms with van der Waals surface area (Å²) in [6, 6.07) is 13.5. The van der Waals surface area contributed by atoms with Crippen LogP contribution in [0.15, 0.2) is 42.5 Å². The van der Waals surface area contributed by atoms with E-state index >= 15 is 0 Å². The molecule has 106 valence electrons. The SMILES string of the molecule is CC(CCO)CNC(=O)Nc1cccc2ccccc12. The number of nitrogens with one attached hydrogen (secondary N) is 2. The Bertz CT molecular complexity index is 578. The predicted octanol–water partition coefficient (Wildman–Crippen LogP) is 2.98. The van der Waals surface area contributed by atoms with Gasteiger partial charge in [-0.25, -0.2) is 4.79 Å². The fraction of sp³-hybridized carbons (Fsp3) is 0.312. The Morgan fingerprint density at radius 1 is 1.20 bits per heavy atom. The molecule has 0 aliphatic heterocycles. The second-order valence-electron chi connectivity index (χ2n) is 4.98. The molecule has 4 nitrogen and oxygen atoms in total. The molecule has 2 rings (SSSR count). The molecule has 0 spiro atoms. The molecule has 4 heteroatoms. The van der Waals surface area contributed by atoms with Crippen molar-refractivity contribution in [2.75, 3.05) is 18.5 Å². The number of fused-ring (bicyclic) bond motifs is 1. The fourth-order valence-electron chi connectivity index (χ4n) is 2.09. The number of amides is 2. The molecule has 1 unspecified atom stereocenters.